The van der Waals surface area contributed by atoms with Crippen molar-refractivity contribution < 1.29 is 33.7 Å². The summed E-state index contributed by atoms with van der Waals surface area (Å²) in [7, 11) is 0. The van der Waals surface area contributed by atoms with E-state index in [-0.39, 0.29) is 35.1 Å². The summed E-state index contributed by atoms with van der Waals surface area (Å²) in [6.07, 6.45) is 6.75. The van der Waals surface area contributed by atoms with E-state index in [1.807, 2.05) is 6.92 Å². The molecule has 5 rings (SSSR count). The van der Waals surface area contributed by atoms with Gasteiger partial charge in [-0.15, -0.1) is 0 Å². The van der Waals surface area contributed by atoms with Crippen molar-refractivity contribution in [1.29, 1.82) is 0 Å². The molecule has 0 aromatic rings. The van der Waals surface area contributed by atoms with Gasteiger partial charge in [0.25, 0.3) is 0 Å². The largest absolute Gasteiger partial charge is 0.455 e. The Hall–Kier alpha value is -1.99. The number of fused-ring (bicyclic) bond motifs is 2. The van der Waals surface area contributed by atoms with E-state index in [1.54, 1.807) is 46.8 Å². The minimum atomic E-state index is -0.835. The van der Waals surface area contributed by atoms with E-state index >= 15 is 0 Å². The Balaban J connectivity index is 1.70. The predicted molar refractivity (Wildman–Crippen MR) is 141 cm³/mol. The third-order valence-electron chi connectivity index (χ3n) is 11.7. The second kappa shape index (κ2) is 9.02. The molecule has 0 bridgehead atoms. The molecule has 1 aliphatic heterocycles. The van der Waals surface area contributed by atoms with E-state index in [1.165, 1.54) is 0 Å². The van der Waals surface area contributed by atoms with Crippen LogP contribution in [0.25, 0.3) is 0 Å². The van der Waals surface area contributed by atoms with Crippen molar-refractivity contribution in [1.82, 2.24) is 0 Å². The molecule has 4 aliphatic carbocycles. The Morgan fingerprint density at radius 3 is 2.13 bits per heavy atom. The lowest BCUT2D eigenvalue weighted by atomic mass is 9.43. The normalized spacial score (nSPS) is 47.7. The lowest BCUT2D eigenvalue weighted by Crippen LogP contribution is -2.70. The van der Waals surface area contributed by atoms with E-state index in [0.29, 0.717) is 30.4 Å². The molecule has 10 atom stereocenters. The smallest absolute Gasteiger partial charge is 0.333 e. The maximum atomic E-state index is 13.4. The van der Waals surface area contributed by atoms with E-state index in [2.05, 4.69) is 6.92 Å². The van der Waals surface area contributed by atoms with E-state index in [4.69, 9.17) is 14.2 Å². The van der Waals surface area contributed by atoms with Crippen molar-refractivity contribution in [2.45, 2.75) is 123 Å². The quantitative estimate of drug-likeness (QED) is 0.309. The van der Waals surface area contributed by atoms with Crippen LogP contribution in [-0.2, 0) is 28.6 Å². The van der Waals surface area contributed by atoms with Gasteiger partial charge in [0.05, 0.1) is 6.10 Å². The molecule has 1 saturated heterocycles. The monoisotopic (exact) mass is 528 g/mol. The van der Waals surface area contributed by atoms with Crippen LogP contribution in [0.1, 0.15) is 93.4 Å². The fourth-order valence-electron chi connectivity index (χ4n) is 9.40. The summed E-state index contributed by atoms with van der Waals surface area (Å²) in [5.74, 6) is -1.18. The van der Waals surface area contributed by atoms with Crippen molar-refractivity contribution in [3.8, 4) is 0 Å². The third-order valence-corrected chi connectivity index (χ3v) is 11.7. The first-order valence-corrected chi connectivity index (χ1v) is 14.4. The molecular weight excluding hydrogens is 484 g/mol. The molecule has 210 valence electrons. The molecule has 7 nitrogen and oxygen atoms in total. The van der Waals surface area contributed by atoms with Gasteiger partial charge in [0.1, 0.15) is 29.2 Å². The summed E-state index contributed by atoms with van der Waals surface area (Å²) in [5.41, 5.74) is -1.31. The Kier molecular flexibility index (Phi) is 6.54. The Morgan fingerprint density at radius 1 is 0.895 bits per heavy atom. The van der Waals surface area contributed by atoms with Gasteiger partial charge >= 0.3 is 11.9 Å². The van der Waals surface area contributed by atoms with Crippen LogP contribution in [0.15, 0.2) is 23.3 Å². The molecule has 0 amide bonds. The average Bonchev–Trinajstić information content (AvgIpc) is 3.43. The van der Waals surface area contributed by atoms with Gasteiger partial charge in [0.2, 0.25) is 0 Å². The van der Waals surface area contributed by atoms with Gasteiger partial charge in [-0.1, -0.05) is 26.0 Å². The molecular formula is C31H44O7. The average molecular weight is 529 g/mol. The Morgan fingerprint density at radius 2 is 1.53 bits per heavy atom. The van der Waals surface area contributed by atoms with Crippen LogP contribution in [0, 0.1) is 28.6 Å². The maximum Gasteiger partial charge on any atom is 0.333 e. The fourth-order valence-corrected chi connectivity index (χ4v) is 9.40. The van der Waals surface area contributed by atoms with Crippen LogP contribution < -0.4 is 0 Å². The lowest BCUT2D eigenvalue weighted by molar-refractivity contribution is -0.222. The van der Waals surface area contributed by atoms with Crippen LogP contribution in [0.5, 0.6) is 0 Å². The van der Waals surface area contributed by atoms with Crippen molar-refractivity contribution in [2.24, 2.45) is 28.6 Å². The molecule has 2 spiro atoms. The Labute approximate surface area is 226 Å². The number of Topliss-reactive ketones (excluding diaryl/α,β-unsaturated/α-hetero) is 1. The van der Waals surface area contributed by atoms with E-state index in [9.17, 15) is 19.5 Å². The molecule has 5 fully saturated rings. The highest BCUT2D eigenvalue weighted by atomic mass is 16.7. The van der Waals surface area contributed by atoms with Gasteiger partial charge in [0, 0.05) is 28.4 Å². The first-order valence-electron chi connectivity index (χ1n) is 14.4. The number of allylic oxidation sites excluding steroid dienone is 2. The van der Waals surface area contributed by atoms with Crippen LogP contribution in [-0.4, -0.2) is 52.3 Å². The second-order valence-electron chi connectivity index (χ2n) is 13.1. The number of aliphatic hydroxyl groups is 1. The molecule has 5 aliphatic rings. The van der Waals surface area contributed by atoms with Crippen molar-refractivity contribution in [2.75, 3.05) is 0 Å². The number of rotatable bonds is 5. The summed E-state index contributed by atoms with van der Waals surface area (Å²) < 4.78 is 19.8. The van der Waals surface area contributed by atoms with Gasteiger partial charge < -0.3 is 19.3 Å². The summed E-state index contributed by atoms with van der Waals surface area (Å²) in [4.78, 5) is 39.8. The van der Waals surface area contributed by atoms with Gasteiger partial charge in [0.15, 0.2) is 0 Å². The summed E-state index contributed by atoms with van der Waals surface area (Å²) in [6, 6.07) is 0. The number of carbonyl (C=O) groups is 3. The second-order valence-corrected chi connectivity index (χ2v) is 13.1. The van der Waals surface area contributed by atoms with E-state index < -0.39 is 40.8 Å². The minimum Gasteiger partial charge on any atom is -0.455 e. The standard InChI is InChI=1S/C31H44O7/c1-8-17(3)26(34)36-23-24-28(6)13-11-21(33)16-20(28)10-14-30(24)31(38-30)15-12-22(19(5)32)29(31,7)25(23)37-27(35)18(4)9-2/h8-9,20-25,33H,10-16H2,1-7H3. The molecule has 0 aromatic carbocycles. The van der Waals surface area contributed by atoms with E-state index in [0.717, 1.165) is 25.7 Å². The van der Waals surface area contributed by atoms with Crippen molar-refractivity contribution in [3.05, 3.63) is 23.3 Å². The number of ether oxygens (including phenoxy) is 3. The summed E-state index contributed by atoms with van der Waals surface area (Å²) in [6.45, 7) is 12.9. The Bertz CT molecular complexity index is 1110. The number of hydrogen-bond acceptors (Lipinski definition) is 7. The molecule has 0 radical (unpaired) electrons. The number of hydrogen-bond donors (Lipinski definition) is 1. The SMILES string of the molecule is CC=C(C)C(=O)OC1C2C3(C)CCC(O)CC3CCC23OC32CCC(C(C)=O)C2(C)C1OC(=O)C(C)=CC. The first-order chi connectivity index (χ1) is 17.8. The number of carbonyl (C=O) groups excluding carboxylic acids is 3. The molecule has 7 heteroatoms. The van der Waals surface area contributed by atoms with Crippen molar-refractivity contribution in [3.63, 3.8) is 0 Å². The van der Waals surface area contributed by atoms with Gasteiger partial charge in [-0.25, -0.2) is 9.59 Å². The van der Waals surface area contributed by atoms with Gasteiger partial charge in [-0.2, -0.15) is 0 Å². The number of epoxide rings is 1. The molecule has 1 heterocycles. The van der Waals surface area contributed by atoms with Crippen molar-refractivity contribution >= 4 is 17.7 Å². The maximum absolute atomic E-state index is 13.4. The zero-order valence-electron chi connectivity index (χ0n) is 24.0. The molecule has 1 N–H and O–H groups in total. The summed E-state index contributed by atoms with van der Waals surface area (Å²) in [5, 5.41) is 10.6. The van der Waals surface area contributed by atoms with Crippen LogP contribution in [0.2, 0.25) is 0 Å². The fraction of sp³-hybridized carbons (Fsp3) is 0.774. The molecule has 4 saturated carbocycles. The molecule has 38 heavy (non-hydrogen) atoms. The number of esters is 2. The highest BCUT2D eigenvalue weighted by molar-refractivity contribution is 5.89. The van der Waals surface area contributed by atoms with Crippen LogP contribution in [0.4, 0.5) is 0 Å². The highest BCUT2D eigenvalue weighted by Gasteiger charge is 2.91. The topological polar surface area (TPSA) is 102 Å². The lowest BCUT2D eigenvalue weighted by Gasteiger charge is -2.61. The first kappa shape index (κ1) is 27.6. The molecule has 0 aromatic heterocycles. The van der Waals surface area contributed by atoms with Gasteiger partial charge in [-0.3, -0.25) is 4.79 Å². The highest BCUT2D eigenvalue weighted by Crippen LogP contribution is 2.81. The zero-order chi connectivity index (χ0) is 27.8. The third kappa shape index (κ3) is 3.43. The molecule has 10 unspecified atom stereocenters. The minimum absolute atomic E-state index is 0.0488. The predicted octanol–water partition coefficient (Wildman–Crippen LogP) is 4.85. The van der Waals surface area contributed by atoms with Crippen LogP contribution >= 0.6 is 0 Å². The van der Waals surface area contributed by atoms with Crippen LogP contribution in [0.3, 0.4) is 0 Å². The zero-order valence-corrected chi connectivity index (χ0v) is 24.0. The van der Waals surface area contributed by atoms with Gasteiger partial charge in [-0.05, 0) is 90.9 Å². The number of aliphatic hydroxyl groups excluding tert-OH is 1. The summed E-state index contributed by atoms with van der Waals surface area (Å²) >= 11 is 0. The number of ketones is 1.